The van der Waals surface area contributed by atoms with E-state index in [1.165, 1.54) is 4.90 Å². The summed E-state index contributed by atoms with van der Waals surface area (Å²) in [5, 5.41) is 4.13. The highest BCUT2D eigenvalue weighted by molar-refractivity contribution is 6.31. The first kappa shape index (κ1) is 24.0. The number of hydrogen-bond acceptors (Lipinski definition) is 3. The smallest absolute Gasteiger partial charge is 0.261 e. The van der Waals surface area contributed by atoms with Gasteiger partial charge in [0.1, 0.15) is 11.8 Å². The first-order chi connectivity index (χ1) is 14.2. The van der Waals surface area contributed by atoms with Crippen molar-refractivity contribution in [3.05, 3.63) is 63.6 Å². The lowest BCUT2D eigenvalue weighted by molar-refractivity contribution is -0.142. The van der Waals surface area contributed by atoms with Gasteiger partial charge in [-0.15, -0.1) is 0 Å². The Morgan fingerprint density at radius 2 is 1.73 bits per heavy atom. The van der Waals surface area contributed by atoms with Crippen LogP contribution in [0.25, 0.3) is 0 Å². The quantitative estimate of drug-likeness (QED) is 0.592. The number of hydrogen-bond donors (Lipinski definition) is 1. The maximum absolute atomic E-state index is 13.0. The summed E-state index contributed by atoms with van der Waals surface area (Å²) in [6.45, 7) is 8.26. The van der Waals surface area contributed by atoms with E-state index in [4.69, 9.17) is 27.9 Å². The average Bonchev–Trinajstić information content (AvgIpc) is 2.71. The Hall–Kier alpha value is -2.24. The summed E-state index contributed by atoms with van der Waals surface area (Å²) in [5.74, 6) is 0.379. The standard InChI is InChI=1S/C23H28Cl2N2O3/c1-15(2)12-26-23(29)17(4)27(13-18-5-7-19(24)8-6-18)22(28)14-30-20-9-10-21(25)16(3)11-20/h5-11,15,17H,12-14H2,1-4H3,(H,26,29)/t17-/m1/s1. The van der Waals surface area contributed by atoms with Gasteiger partial charge in [-0.1, -0.05) is 49.2 Å². The van der Waals surface area contributed by atoms with E-state index < -0.39 is 6.04 Å². The number of amides is 2. The molecule has 0 spiro atoms. The van der Waals surface area contributed by atoms with Gasteiger partial charge in [0.05, 0.1) is 0 Å². The van der Waals surface area contributed by atoms with Crippen LogP contribution in [0.3, 0.4) is 0 Å². The fourth-order valence-electron chi connectivity index (χ4n) is 2.76. The Kier molecular flexibility index (Phi) is 9.00. The summed E-state index contributed by atoms with van der Waals surface area (Å²) in [7, 11) is 0. The molecule has 0 saturated heterocycles. The van der Waals surface area contributed by atoms with Crippen molar-refractivity contribution in [3.63, 3.8) is 0 Å². The summed E-state index contributed by atoms with van der Waals surface area (Å²) < 4.78 is 5.67. The third-order valence-electron chi connectivity index (χ3n) is 4.61. The van der Waals surface area contributed by atoms with Crippen LogP contribution in [-0.2, 0) is 16.1 Å². The fourth-order valence-corrected chi connectivity index (χ4v) is 3.00. The second kappa shape index (κ2) is 11.2. The molecule has 0 heterocycles. The maximum atomic E-state index is 13.0. The van der Waals surface area contributed by atoms with Crippen molar-refractivity contribution < 1.29 is 14.3 Å². The van der Waals surface area contributed by atoms with Crippen LogP contribution in [0.4, 0.5) is 0 Å². The topological polar surface area (TPSA) is 58.6 Å². The van der Waals surface area contributed by atoms with E-state index in [0.29, 0.717) is 28.3 Å². The zero-order valence-corrected chi connectivity index (χ0v) is 19.3. The lowest BCUT2D eigenvalue weighted by Crippen LogP contribution is -2.49. The van der Waals surface area contributed by atoms with Crippen molar-refractivity contribution >= 4 is 35.0 Å². The molecule has 0 bridgehead atoms. The van der Waals surface area contributed by atoms with Crippen LogP contribution >= 0.6 is 23.2 Å². The van der Waals surface area contributed by atoms with E-state index in [9.17, 15) is 9.59 Å². The Morgan fingerprint density at radius 1 is 1.07 bits per heavy atom. The SMILES string of the molecule is Cc1cc(OCC(=O)N(Cc2ccc(Cl)cc2)[C@H](C)C(=O)NCC(C)C)ccc1Cl. The minimum Gasteiger partial charge on any atom is -0.484 e. The second-order valence-electron chi connectivity index (χ2n) is 7.66. The summed E-state index contributed by atoms with van der Waals surface area (Å²) in [6, 6.07) is 11.8. The van der Waals surface area contributed by atoms with Crippen LogP contribution in [0.2, 0.25) is 10.0 Å². The molecule has 0 aliphatic heterocycles. The number of benzene rings is 2. The van der Waals surface area contributed by atoms with Crippen LogP contribution in [0.15, 0.2) is 42.5 Å². The Balaban J connectivity index is 2.13. The van der Waals surface area contributed by atoms with Crippen LogP contribution in [0, 0.1) is 12.8 Å². The minimum absolute atomic E-state index is 0.184. The molecule has 0 aromatic heterocycles. The van der Waals surface area contributed by atoms with E-state index in [0.717, 1.165) is 11.1 Å². The molecule has 0 aliphatic rings. The largest absolute Gasteiger partial charge is 0.484 e. The van der Waals surface area contributed by atoms with Crippen molar-refractivity contribution in [2.45, 2.75) is 40.3 Å². The van der Waals surface area contributed by atoms with Gasteiger partial charge in [0.2, 0.25) is 5.91 Å². The molecular weight excluding hydrogens is 423 g/mol. The molecular formula is C23H28Cl2N2O3. The molecule has 30 heavy (non-hydrogen) atoms. The first-order valence-electron chi connectivity index (χ1n) is 9.88. The van der Waals surface area contributed by atoms with Gasteiger partial charge in [0.25, 0.3) is 5.91 Å². The number of carbonyl (C=O) groups excluding carboxylic acids is 2. The van der Waals surface area contributed by atoms with E-state index >= 15 is 0 Å². The molecule has 1 N–H and O–H groups in total. The van der Waals surface area contributed by atoms with E-state index in [1.807, 2.05) is 32.9 Å². The monoisotopic (exact) mass is 450 g/mol. The van der Waals surface area contributed by atoms with E-state index in [2.05, 4.69) is 5.32 Å². The van der Waals surface area contributed by atoms with Gasteiger partial charge in [0, 0.05) is 23.1 Å². The molecule has 162 valence electrons. The molecule has 2 aromatic carbocycles. The van der Waals surface area contributed by atoms with Gasteiger partial charge < -0.3 is 15.0 Å². The van der Waals surface area contributed by atoms with Crippen molar-refractivity contribution in [3.8, 4) is 5.75 Å². The van der Waals surface area contributed by atoms with E-state index in [1.54, 1.807) is 37.3 Å². The summed E-state index contributed by atoms with van der Waals surface area (Å²) in [6.07, 6.45) is 0. The molecule has 1 atom stereocenters. The van der Waals surface area contributed by atoms with Gasteiger partial charge in [-0.2, -0.15) is 0 Å². The lowest BCUT2D eigenvalue weighted by atomic mass is 10.1. The Morgan fingerprint density at radius 3 is 2.33 bits per heavy atom. The third-order valence-corrected chi connectivity index (χ3v) is 5.29. The van der Waals surface area contributed by atoms with Crippen molar-refractivity contribution in [1.82, 2.24) is 10.2 Å². The third kappa shape index (κ3) is 7.22. The molecule has 0 aliphatic carbocycles. The minimum atomic E-state index is -0.650. The first-order valence-corrected chi connectivity index (χ1v) is 10.6. The molecule has 2 rings (SSSR count). The zero-order chi connectivity index (χ0) is 22.3. The number of rotatable bonds is 9. The maximum Gasteiger partial charge on any atom is 0.261 e. The van der Waals surface area contributed by atoms with E-state index in [-0.39, 0.29) is 25.0 Å². The number of nitrogens with one attached hydrogen (secondary N) is 1. The molecule has 2 aromatic rings. The van der Waals surface area contributed by atoms with Crippen LogP contribution in [0.5, 0.6) is 5.75 Å². The number of ether oxygens (including phenoxy) is 1. The normalized spacial score (nSPS) is 11.8. The zero-order valence-electron chi connectivity index (χ0n) is 17.7. The van der Waals surface area contributed by atoms with Gasteiger partial charge in [0.15, 0.2) is 6.61 Å². The molecule has 0 fully saturated rings. The van der Waals surface area contributed by atoms with Gasteiger partial charge in [-0.3, -0.25) is 9.59 Å². The van der Waals surface area contributed by atoms with Crippen LogP contribution in [-0.4, -0.2) is 35.9 Å². The number of halogens is 2. The average molecular weight is 451 g/mol. The lowest BCUT2D eigenvalue weighted by Gasteiger charge is -2.29. The Bertz CT molecular complexity index is 869. The van der Waals surface area contributed by atoms with Crippen LogP contribution in [0.1, 0.15) is 31.9 Å². The van der Waals surface area contributed by atoms with Crippen molar-refractivity contribution in [2.24, 2.45) is 5.92 Å². The second-order valence-corrected chi connectivity index (χ2v) is 8.51. The summed E-state index contributed by atoms with van der Waals surface area (Å²) >= 11 is 12.0. The highest BCUT2D eigenvalue weighted by Crippen LogP contribution is 2.21. The molecule has 5 nitrogen and oxygen atoms in total. The Labute approximate surface area is 188 Å². The van der Waals surface area contributed by atoms with Crippen molar-refractivity contribution in [2.75, 3.05) is 13.2 Å². The van der Waals surface area contributed by atoms with Crippen LogP contribution < -0.4 is 10.1 Å². The molecule has 0 radical (unpaired) electrons. The van der Waals surface area contributed by atoms with Gasteiger partial charge in [-0.05, 0) is 61.2 Å². The predicted molar refractivity (Wildman–Crippen MR) is 121 cm³/mol. The highest BCUT2D eigenvalue weighted by atomic mass is 35.5. The van der Waals surface area contributed by atoms with Gasteiger partial charge in [-0.25, -0.2) is 0 Å². The predicted octanol–water partition coefficient (Wildman–Crippen LogP) is 4.87. The fraction of sp³-hybridized carbons (Fsp3) is 0.391. The number of nitrogens with zero attached hydrogens (tertiary/aromatic N) is 1. The summed E-state index contributed by atoms with van der Waals surface area (Å²) in [4.78, 5) is 27.1. The van der Waals surface area contributed by atoms with Gasteiger partial charge >= 0.3 is 0 Å². The molecule has 0 saturated carbocycles. The molecule has 7 heteroatoms. The number of aryl methyl sites for hydroxylation is 1. The molecule has 0 unspecified atom stereocenters. The summed E-state index contributed by atoms with van der Waals surface area (Å²) in [5.41, 5.74) is 1.74. The number of carbonyl (C=O) groups is 2. The molecule has 2 amide bonds. The van der Waals surface area contributed by atoms with Crippen molar-refractivity contribution in [1.29, 1.82) is 0 Å². The highest BCUT2D eigenvalue weighted by Gasteiger charge is 2.26.